The number of allylic oxidation sites excluding steroid dienone is 13. The van der Waals surface area contributed by atoms with Gasteiger partial charge in [-0.15, -0.1) is 0 Å². The summed E-state index contributed by atoms with van der Waals surface area (Å²) in [7, 11) is 0. The average molecular weight is 295 g/mol. The molecular formula is C18H17NO3. The summed E-state index contributed by atoms with van der Waals surface area (Å²) in [5, 5.41) is 6.91. The Labute approximate surface area is 129 Å². The van der Waals surface area contributed by atoms with Gasteiger partial charge in [-0.2, -0.15) is 0 Å². The van der Waals surface area contributed by atoms with Crippen molar-refractivity contribution in [3.05, 3.63) is 85.6 Å². The van der Waals surface area contributed by atoms with Crippen molar-refractivity contribution in [1.29, 1.82) is 5.41 Å². The van der Waals surface area contributed by atoms with E-state index in [0.29, 0.717) is 0 Å². The Balaban J connectivity index is 4.18. The summed E-state index contributed by atoms with van der Waals surface area (Å²) in [5.41, 5.74) is -0.848. The molecule has 0 bridgehead atoms. The van der Waals surface area contributed by atoms with Gasteiger partial charge in [-0.05, 0) is 6.08 Å². The van der Waals surface area contributed by atoms with Crippen LogP contribution in [0.1, 0.15) is 0 Å². The van der Waals surface area contributed by atoms with E-state index in [9.17, 15) is 14.4 Å². The van der Waals surface area contributed by atoms with Gasteiger partial charge < -0.3 is 0 Å². The fourth-order valence-corrected chi connectivity index (χ4v) is 1.06. The van der Waals surface area contributed by atoms with Crippen LogP contribution in [0.2, 0.25) is 0 Å². The fraction of sp³-hybridized carbons (Fsp3) is 0. The van der Waals surface area contributed by atoms with E-state index >= 15 is 0 Å². The number of hydrogen-bond donors (Lipinski definition) is 1. The lowest BCUT2D eigenvalue weighted by Gasteiger charge is -1.88. The van der Waals surface area contributed by atoms with Crippen molar-refractivity contribution in [2.75, 3.05) is 0 Å². The molecule has 1 N–H and O–H groups in total. The van der Waals surface area contributed by atoms with Crippen LogP contribution in [0.15, 0.2) is 85.6 Å². The molecule has 112 valence electrons. The van der Waals surface area contributed by atoms with Gasteiger partial charge in [0.25, 0.3) is 5.78 Å². The lowest BCUT2D eigenvalue weighted by atomic mass is 10.1. The Hall–Kier alpha value is -3.14. The maximum Gasteiger partial charge on any atom is 0.253 e. The van der Waals surface area contributed by atoms with E-state index in [1.165, 1.54) is 6.08 Å². The number of hydrogen-bond acceptors (Lipinski definition) is 4. The quantitative estimate of drug-likeness (QED) is 0.168. The second-order valence-corrected chi connectivity index (χ2v) is 3.74. The number of rotatable bonds is 10. The highest BCUT2D eigenvalue weighted by atomic mass is 16.2. The third-order valence-corrected chi connectivity index (χ3v) is 2.08. The molecule has 0 saturated carbocycles. The Kier molecular flexibility index (Phi) is 11.0. The van der Waals surface area contributed by atoms with Gasteiger partial charge >= 0.3 is 0 Å². The Morgan fingerprint density at radius 1 is 0.727 bits per heavy atom. The Bertz CT molecular complexity index is 600. The standard InChI is InChI=1S/C18H17NO3/c1-2-3-4-5-6-7-8-9-10-11-12-13-14-17(21)18(22)16(19)15-20/h2-15,19H,1H2/b4-3+,6-5+,8-7+,10-9+,12-11+,14-13+,19-16?. The van der Waals surface area contributed by atoms with Crippen molar-refractivity contribution in [2.45, 2.75) is 0 Å². The van der Waals surface area contributed by atoms with Crippen molar-refractivity contribution in [3.63, 3.8) is 0 Å². The molecular weight excluding hydrogens is 278 g/mol. The molecule has 4 heteroatoms. The smallest absolute Gasteiger partial charge is 0.253 e. The molecule has 0 aliphatic heterocycles. The van der Waals surface area contributed by atoms with Crippen molar-refractivity contribution in [1.82, 2.24) is 0 Å². The number of carbonyl (C=O) groups is 3. The molecule has 0 radical (unpaired) electrons. The molecule has 0 amide bonds. The van der Waals surface area contributed by atoms with Crippen LogP contribution in [0.25, 0.3) is 0 Å². The number of carbonyl (C=O) groups excluding carboxylic acids is 3. The summed E-state index contributed by atoms with van der Waals surface area (Å²) in [4.78, 5) is 32.5. The molecule has 0 aromatic heterocycles. The van der Waals surface area contributed by atoms with E-state index in [2.05, 4.69) is 6.58 Å². The van der Waals surface area contributed by atoms with Crippen molar-refractivity contribution in [2.24, 2.45) is 0 Å². The van der Waals surface area contributed by atoms with Crippen LogP contribution in [0.4, 0.5) is 0 Å². The molecule has 0 aromatic rings. The van der Waals surface area contributed by atoms with Gasteiger partial charge in [-0.3, -0.25) is 19.8 Å². The first-order valence-corrected chi connectivity index (χ1v) is 6.38. The van der Waals surface area contributed by atoms with Gasteiger partial charge in [-0.1, -0.05) is 79.5 Å². The predicted molar refractivity (Wildman–Crippen MR) is 88.8 cm³/mol. The Morgan fingerprint density at radius 3 is 1.55 bits per heavy atom. The van der Waals surface area contributed by atoms with E-state index in [1.807, 2.05) is 36.5 Å². The maximum absolute atomic E-state index is 11.2. The maximum atomic E-state index is 11.2. The van der Waals surface area contributed by atoms with Crippen LogP contribution in [0.5, 0.6) is 0 Å². The molecule has 0 spiro atoms. The first-order valence-electron chi connectivity index (χ1n) is 6.38. The molecule has 0 aliphatic carbocycles. The first-order chi connectivity index (χ1) is 10.6. The third-order valence-electron chi connectivity index (χ3n) is 2.08. The zero-order chi connectivity index (χ0) is 16.6. The van der Waals surface area contributed by atoms with E-state index in [4.69, 9.17) is 5.41 Å². The van der Waals surface area contributed by atoms with E-state index in [1.54, 1.807) is 30.4 Å². The van der Waals surface area contributed by atoms with Crippen molar-refractivity contribution in [3.8, 4) is 0 Å². The lowest BCUT2D eigenvalue weighted by molar-refractivity contribution is -0.130. The molecule has 0 heterocycles. The number of aldehydes is 1. The summed E-state index contributed by atoms with van der Waals surface area (Å²) >= 11 is 0. The lowest BCUT2D eigenvalue weighted by Crippen LogP contribution is -2.22. The summed E-state index contributed by atoms with van der Waals surface area (Å²) < 4.78 is 0. The van der Waals surface area contributed by atoms with Gasteiger partial charge in [0.05, 0.1) is 0 Å². The number of ketones is 2. The van der Waals surface area contributed by atoms with E-state index in [-0.39, 0.29) is 6.29 Å². The van der Waals surface area contributed by atoms with Gasteiger partial charge in [-0.25, -0.2) is 0 Å². The zero-order valence-corrected chi connectivity index (χ0v) is 12.0. The summed E-state index contributed by atoms with van der Waals surface area (Å²) in [6.45, 7) is 3.55. The van der Waals surface area contributed by atoms with Gasteiger partial charge in [0, 0.05) is 0 Å². The van der Waals surface area contributed by atoms with Crippen LogP contribution in [0, 0.1) is 5.41 Å². The van der Waals surface area contributed by atoms with Crippen LogP contribution in [-0.4, -0.2) is 23.6 Å². The molecule has 0 unspecified atom stereocenters. The van der Waals surface area contributed by atoms with Crippen LogP contribution in [0.3, 0.4) is 0 Å². The minimum absolute atomic E-state index is 0.0423. The van der Waals surface area contributed by atoms with Crippen molar-refractivity contribution >= 4 is 23.6 Å². The summed E-state index contributed by atoms with van der Waals surface area (Å²) in [6, 6.07) is 0. The van der Waals surface area contributed by atoms with Crippen molar-refractivity contribution < 1.29 is 14.4 Å². The monoisotopic (exact) mass is 295 g/mol. The molecule has 0 aromatic carbocycles. The molecule has 22 heavy (non-hydrogen) atoms. The van der Waals surface area contributed by atoms with Crippen LogP contribution < -0.4 is 0 Å². The molecule has 4 nitrogen and oxygen atoms in total. The minimum Gasteiger partial charge on any atom is -0.296 e. The second-order valence-electron chi connectivity index (χ2n) is 3.74. The highest BCUT2D eigenvalue weighted by Gasteiger charge is 2.14. The number of Topliss-reactive ketones (excluding diaryl/α,β-unsaturated/α-hetero) is 1. The number of nitrogens with one attached hydrogen (secondary N) is 1. The molecule has 0 aliphatic rings. The van der Waals surface area contributed by atoms with Crippen LogP contribution in [-0.2, 0) is 14.4 Å². The fourth-order valence-electron chi connectivity index (χ4n) is 1.06. The normalized spacial score (nSPS) is 12.4. The molecule has 0 rings (SSSR count). The first kappa shape index (κ1) is 18.9. The minimum atomic E-state index is -1.12. The molecule has 0 fully saturated rings. The van der Waals surface area contributed by atoms with E-state index in [0.717, 1.165) is 6.08 Å². The summed E-state index contributed by atoms with van der Waals surface area (Å²) in [6.07, 6.45) is 21.9. The second kappa shape index (κ2) is 12.9. The largest absolute Gasteiger partial charge is 0.296 e. The third kappa shape index (κ3) is 9.75. The SMILES string of the molecule is C=C/C=C/C=C/C=C/C=C/C=C/C=C/C(=O)C(=O)C(=N)C=O. The molecule has 0 atom stereocenters. The zero-order valence-electron chi connectivity index (χ0n) is 12.0. The highest BCUT2D eigenvalue weighted by molar-refractivity contribution is 6.76. The average Bonchev–Trinajstić information content (AvgIpc) is 2.54. The van der Waals surface area contributed by atoms with Gasteiger partial charge in [0.2, 0.25) is 5.78 Å². The predicted octanol–water partition coefficient (Wildman–Crippen LogP) is 2.87. The summed E-state index contributed by atoms with van der Waals surface area (Å²) in [5.74, 6) is -2.02. The highest BCUT2D eigenvalue weighted by Crippen LogP contribution is 1.87. The van der Waals surface area contributed by atoms with Crippen LogP contribution >= 0.6 is 0 Å². The van der Waals surface area contributed by atoms with E-state index < -0.39 is 17.3 Å². The Morgan fingerprint density at radius 2 is 1.14 bits per heavy atom. The van der Waals surface area contributed by atoms with Gasteiger partial charge in [0.1, 0.15) is 5.71 Å². The molecule has 0 saturated heterocycles. The topological polar surface area (TPSA) is 75.1 Å². The van der Waals surface area contributed by atoms with Gasteiger partial charge in [0.15, 0.2) is 6.29 Å².